The van der Waals surface area contributed by atoms with Crippen molar-refractivity contribution in [3.8, 4) is 17.1 Å². The first kappa shape index (κ1) is 21.9. The van der Waals surface area contributed by atoms with E-state index in [1.54, 1.807) is 25.7 Å². The molecule has 176 valence electrons. The summed E-state index contributed by atoms with van der Waals surface area (Å²) >= 11 is 0. The molecule has 3 fully saturated rings. The Kier molecular flexibility index (Phi) is 6.05. The Labute approximate surface area is 194 Å². The third-order valence-electron chi connectivity index (χ3n) is 7.28. The minimum atomic E-state index is -0.162. The Balaban J connectivity index is 1.21. The maximum atomic E-state index is 12.0. The number of carbonyl (C=O) groups excluding carboxylic acids is 1. The predicted molar refractivity (Wildman–Crippen MR) is 124 cm³/mol. The Morgan fingerprint density at radius 1 is 1.18 bits per heavy atom. The molecule has 1 atom stereocenters. The monoisotopic (exact) mass is 452 g/mol. The van der Waals surface area contributed by atoms with E-state index in [-0.39, 0.29) is 6.09 Å². The molecule has 9 nitrogen and oxygen atoms in total. The molecule has 1 spiro atoms. The summed E-state index contributed by atoms with van der Waals surface area (Å²) in [7, 11) is 1.64. The summed E-state index contributed by atoms with van der Waals surface area (Å²) in [4.78, 5) is 32.2. The van der Waals surface area contributed by atoms with Crippen LogP contribution in [0.3, 0.4) is 0 Å². The van der Waals surface area contributed by atoms with E-state index in [4.69, 9.17) is 14.5 Å². The van der Waals surface area contributed by atoms with Crippen LogP contribution in [0, 0.1) is 5.41 Å². The molecule has 3 aliphatic rings. The van der Waals surface area contributed by atoms with Crippen LogP contribution < -0.4 is 9.64 Å². The van der Waals surface area contributed by atoms with Gasteiger partial charge in [0.2, 0.25) is 5.88 Å². The van der Waals surface area contributed by atoms with Gasteiger partial charge in [-0.05, 0) is 32.3 Å². The Morgan fingerprint density at radius 2 is 2.00 bits per heavy atom. The summed E-state index contributed by atoms with van der Waals surface area (Å²) < 4.78 is 10.6. The fourth-order valence-corrected chi connectivity index (χ4v) is 5.61. The van der Waals surface area contributed by atoms with E-state index in [1.165, 1.54) is 19.3 Å². The van der Waals surface area contributed by atoms with Crippen LogP contribution in [0.2, 0.25) is 0 Å². The Hall–Kier alpha value is -2.94. The number of ether oxygens (including phenoxy) is 2. The van der Waals surface area contributed by atoms with Crippen molar-refractivity contribution in [2.75, 3.05) is 57.9 Å². The summed E-state index contributed by atoms with van der Waals surface area (Å²) in [5, 5.41) is 0. The van der Waals surface area contributed by atoms with Crippen molar-refractivity contribution < 1.29 is 14.3 Å². The molecule has 1 amide bonds. The molecule has 0 aromatic carbocycles. The first-order chi connectivity index (χ1) is 16.1. The second kappa shape index (κ2) is 9.13. The number of aromatic nitrogens is 3. The second-order valence-corrected chi connectivity index (χ2v) is 9.29. The molecule has 0 unspecified atom stereocenters. The van der Waals surface area contributed by atoms with Gasteiger partial charge in [-0.25, -0.2) is 4.79 Å². The smallest absolute Gasteiger partial charge is 0.409 e. The minimum absolute atomic E-state index is 0.162. The molecule has 1 aliphatic carbocycles. The van der Waals surface area contributed by atoms with Crippen molar-refractivity contribution in [2.24, 2.45) is 5.41 Å². The SMILES string of the molecule is CCOC(=O)N1CC2(CC[C@@H](N3CCN(c4nc(OC)ccc4-c4cnccn4)CC3)C2)C1. The van der Waals surface area contributed by atoms with E-state index >= 15 is 0 Å². The zero-order valence-electron chi connectivity index (χ0n) is 19.4. The third kappa shape index (κ3) is 4.34. The zero-order chi connectivity index (χ0) is 22.8. The molecule has 0 bridgehead atoms. The van der Waals surface area contributed by atoms with Crippen LogP contribution in [-0.4, -0.2) is 89.9 Å². The van der Waals surface area contributed by atoms with E-state index in [0.29, 0.717) is 23.9 Å². The largest absolute Gasteiger partial charge is 0.481 e. The lowest BCUT2D eigenvalue weighted by Crippen LogP contribution is -2.58. The van der Waals surface area contributed by atoms with E-state index in [2.05, 4.69) is 19.8 Å². The number of methoxy groups -OCH3 is 1. The molecule has 5 rings (SSSR count). The van der Waals surface area contributed by atoms with Crippen LogP contribution >= 0.6 is 0 Å². The molecule has 2 aromatic rings. The minimum Gasteiger partial charge on any atom is -0.481 e. The molecule has 4 heterocycles. The number of piperazine rings is 1. The summed E-state index contributed by atoms with van der Waals surface area (Å²) in [6.45, 7) is 7.81. The predicted octanol–water partition coefficient (Wildman–Crippen LogP) is 2.68. The number of anilines is 1. The van der Waals surface area contributed by atoms with Gasteiger partial charge in [-0.15, -0.1) is 0 Å². The van der Waals surface area contributed by atoms with Gasteiger partial charge >= 0.3 is 6.09 Å². The summed E-state index contributed by atoms with van der Waals surface area (Å²) in [6.07, 6.45) is 8.58. The van der Waals surface area contributed by atoms with Crippen LogP contribution in [0.25, 0.3) is 11.3 Å². The maximum Gasteiger partial charge on any atom is 0.409 e. The van der Waals surface area contributed by atoms with Gasteiger partial charge in [0.15, 0.2) is 0 Å². The first-order valence-electron chi connectivity index (χ1n) is 11.8. The Morgan fingerprint density at radius 3 is 2.70 bits per heavy atom. The lowest BCUT2D eigenvalue weighted by Gasteiger charge is -2.48. The van der Waals surface area contributed by atoms with Gasteiger partial charge in [-0.1, -0.05) is 0 Å². The number of rotatable bonds is 5. The molecule has 33 heavy (non-hydrogen) atoms. The van der Waals surface area contributed by atoms with Crippen LogP contribution in [0.15, 0.2) is 30.7 Å². The van der Waals surface area contributed by atoms with E-state index in [1.807, 2.05) is 24.0 Å². The number of carbonyl (C=O) groups is 1. The number of nitrogens with zero attached hydrogens (tertiary/aromatic N) is 6. The molecular weight excluding hydrogens is 420 g/mol. The second-order valence-electron chi connectivity index (χ2n) is 9.29. The van der Waals surface area contributed by atoms with Gasteiger partial charge in [0.1, 0.15) is 5.82 Å². The maximum absolute atomic E-state index is 12.0. The van der Waals surface area contributed by atoms with E-state index in [0.717, 1.165) is 56.3 Å². The van der Waals surface area contributed by atoms with Gasteiger partial charge in [0.25, 0.3) is 0 Å². The van der Waals surface area contributed by atoms with Crippen LogP contribution in [0.5, 0.6) is 5.88 Å². The number of amides is 1. The lowest BCUT2D eigenvalue weighted by atomic mass is 9.78. The van der Waals surface area contributed by atoms with Gasteiger partial charge in [-0.3, -0.25) is 14.9 Å². The number of pyridine rings is 1. The highest BCUT2D eigenvalue weighted by Gasteiger charge is 2.51. The van der Waals surface area contributed by atoms with Crippen LogP contribution in [-0.2, 0) is 4.74 Å². The highest BCUT2D eigenvalue weighted by Crippen LogP contribution is 2.47. The summed E-state index contributed by atoms with van der Waals surface area (Å²) in [6, 6.07) is 4.48. The fraction of sp³-hybridized carbons (Fsp3) is 0.583. The van der Waals surface area contributed by atoms with Crippen molar-refractivity contribution in [2.45, 2.75) is 32.2 Å². The highest BCUT2D eigenvalue weighted by molar-refractivity contribution is 5.73. The van der Waals surface area contributed by atoms with Gasteiger partial charge < -0.3 is 19.3 Å². The average Bonchev–Trinajstić information content (AvgIpc) is 3.30. The average molecular weight is 453 g/mol. The van der Waals surface area contributed by atoms with Gasteiger partial charge in [-0.2, -0.15) is 4.98 Å². The standard InChI is InChI=1S/C24H32N6O3/c1-3-33-23(31)30-16-24(17-30)7-6-18(14-24)28-10-12-29(13-11-28)22-19(4-5-21(27-22)32-2)20-15-25-8-9-26-20/h4-5,8-9,15,18H,3,6-7,10-14,16-17H2,1-2H3/t18-/m1/s1. The van der Waals surface area contributed by atoms with E-state index < -0.39 is 0 Å². The molecule has 2 saturated heterocycles. The molecule has 2 aliphatic heterocycles. The first-order valence-corrected chi connectivity index (χ1v) is 11.8. The fourth-order valence-electron chi connectivity index (χ4n) is 5.61. The quantitative estimate of drug-likeness (QED) is 0.685. The Bertz CT molecular complexity index is 973. The summed E-state index contributed by atoms with van der Waals surface area (Å²) in [5.74, 6) is 1.51. The van der Waals surface area contributed by atoms with Crippen molar-refractivity contribution in [1.82, 2.24) is 24.8 Å². The van der Waals surface area contributed by atoms with Crippen molar-refractivity contribution >= 4 is 11.9 Å². The molecule has 0 N–H and O–H groups in total. The molecule has 0 radical (unpaired) electrons. The summed E-state index contributed by atoms with van der Waals surface area (Å²) in [5.41, 5.74) is 2.09. The van der Waals surface area contributed by atoms with E-state index in [9.17, 15) is 4.79 Å². The van der Waals surface area contributed by atoms with Crippen LogP contribution in [0.4, 0.5) is 10.6 Å². The molecule has 9 heteroatoms. The lowest BCUT2D eigenvalue weighted by molar-refractivity contribution is -0.00294. The highest BCUT2D eigenvalue weighted by atomic mass is 16.6. The van der Waals surface area contributed by atoms with Crippen molar-refractivity contribution in [3.05, 3.63) is 30.7 Å². The number of likely N-dealkylation sites (tertiary alicyclic amines) is 1. The number of hydrogen-bond donors (Lipinski definition) is 0. The van der Waals surface area contributed by atoms with Gasteiger partial charge in [0, 0.05) is 74.7 Å². The normalized spacial score (nSPS) is 22.3. The van der Waals surface area contributed by atoms with Gasteiger partial charge in [0.05, 0.1) is 25.6 Å². The van der Waals surface area contributed by atoms with Crippen LogP contribution in [0.1, 0.15) is 26.2 Å². The van der Waals surface area contributed by atoms with Crippen molar-refractivity contribution in [3.63, 3.8) is 0 Å². The zero-order valence-corrected chi connectivity index (χ0v) is 19.4. The number of hydrogen-bond acceptors (Lipinski definition) is 8. The molecule has 2 aromatic heterocycles. The topological polar surface area (TPSA) is 83.9 Å². The molecule has 1 saturated carbocycles. The third-order valence-corrected chi connectivity index (χ3v) is 7.28. The molecular formula is C24H32N6O3. The van der Waals surface area contributed by atoms with Crippen molar-refractivity contribution in [1.29, 1.82) is 0 Å².